The maximum atomic E-state index is 5.09. The number of hydrogen-bond donors (Lipinski definition) is 0. The Kier molecular flexibility index (Phi) is 5.69. The van der Waals surface area contributed by atoms with Gasteiger partial charge in [-0.2, -0.15) is 0 Å². The summed E-state index contributed by atoms with van der Waals surface area (Å²) in [5, 5.41) is 7.92. The van der Waals surface area contributed by atoms with Gasteiger partial charge in [-0.3, -0.25) is 0 Å². The Hall–Kier alpha value is -1.36. The Morgan fingerprint density at radius 3 is 2.41 bits per heavy atom. The molecule has 0 saturated carbocycles. The average Bonchev–Trinajstić information content (AvgIpc) is 2.32. The van der Waals surface area contributed by atoms with Crippen LogP contribution < -0.4 is 0 Å². The molecule has 0 radical (unpaired) electrons. The molecule has 0 aliphatic rings. The van der Waals surface area contributed by atoms with Gasteiger partial charge in [-0.25, -0.2) is 0 Å². The van der Waals surface area contributed by atoms with E-state index < -0.39 is 0 Å². The van der Waals surface area contributed by atoms with Crippen LogP contribution in [0.1, 0.15) is 19.4 Å². The molecular formula is C12H15BrN2O2. The van der Waals surface area contributed by atoms with Gasteiger partial charge in [0.1, 0.15) is 25.1 Å². The highest BCUT2D eigenvalue weighted by atomic mass is 79.9. The van der Waals surface area contributed by atoms with Crippen LogP contribution in [0.3, 0.4) is 0 Å². The monoisotopic (exact) mass is 298 g/mol. The smallest absolute Gasteiger partial charge is 0.134 e. The summed E-state index contributed by atoms with van der Waals surface area (Å²) in [5.41, 5.74) is 2.27. The Morgan fingerprint density at radius 2 is 1.88 bits per heavy atom. The topological polar surface area (TPSA) is 43.2 Å². The van der Waals surface area contributed by atoms with Crippen LogP contribution in [-0.4, -0.2) is 25.1 Å². The molecule has 0 fully saturated rings. The average molecular weight is 299 g/mol. The van der Waals surface area contributed by atoms with Gasteiger partial charge in [-0.1, -0.05) is 38.4 Å². The molecule has 92 valence electrons. The van der Waals surface area contributed by atoms with Gasteiger partial charge in [0.2, 0.25) is 0 Å². The maximum absolute atomic E-state index is 5.09. The van der Waals surface area contributed by atoms with Crippen LogP contribution in [0.4, 0.5) is 0 Å². The SMILES string of the molecule is CCON=C(C(C)=NOC)c1ccc(Br)cc1. The zero-order chi connectivity index (χ0) is 12.7. The van der Waals surface area contributed by atoms with E-state index in [-0.39, 0.29) is 0 Å². The van der Waals surface area contributed by atoms with E-state index in [4.69, 9.17) is 9.68 Å². The number of oxime groups is 2. The molecule has 0 aromatic heterocycles. The fourth-order valence-corrected chi connectivity index (χ4v) is 1.51. The van der Waals surface area contributed by atoms with Gasteiger partial charge in [0.15, 0.2) is 0 Å². The molecule has 17 heavy (non-hydrogen) atoms. The van der Waals surface area contributed by atoms with Crippen molar-refractivity contribution in [3.63, 3.8) is 0 Å². The molecule has 0 N–H and O–H groups in total. The van der Waals surface area contributed by atoms with E-state index in [1.165, 1.54) is 7.11 Å². The van der Waals surface area contributed by atoms with Gasteiger partial charge in [-0.15, -0.1) is 0 Å². The van der Waals surface area contributed by atoms with E-state index in [0.717, 1.165) is 10.0 Å². The summed E-state index contributed by atoms with van der Waals surface area (Å²) in [6, 6.07) is 7.76. The minimum absolute atomic E-state index is 0.514. The fourth-order valence-electron chi connectivity index (χ4n) is 1.24. The number of halogens is 1. The van der Waals surface area contributed by atoms with E-state index in [2.05, 4.69) is 26.2 Å². The van der Waals surface area contributed by atoms with Crippen molar-refractivity contribution >= 4 is 27.4 Å². The van der Waals surface area contributed by atoms with Crippen LogP contribution in [0.25, 0.3) is 0 Å². The van der Waals surface area contributed by atoms with Crippen LogP contribution in [-0.2, 0) is 9.68 Å². The van der Waals surface area contributed by atoms with Crippen molar-refractivity contribution in [2.75, 3.05) is 13.7 Å². The summed E-state index contributed by atoms with van der Waals surface area (Å²) in [6.07, 6.45) is 0. The Bertz CT molecular complexity index is 413. The van der Waals surface area contributed by atoms with Crippen LogP contribution in [0.2, 0.25) is 0 Å². The molecule has 0 amide bonds. The largest absolute Gasteiger partial charge is 0.399 e. The normalized spacial score (nSPS) is 12.5. The van der Waals surface area contributed by atoms with Crippen LogP contribution >= 0.6 is 15.9 Å². The van der Waals surface area contributed by atoms with Gasteiger partial charge in [0, 0.05) is 10.0 Å². The minimum atomic E-state index is 0.514. The van der Waals surface area contributed by atoms with E-state index >= 15 is 0 Å². The molecule has 0 aliphatic carbocycles. The molecule has 0 bridgehead atoms. The van der Waals surface area contributed by atoms with Crippen molar-refractivity contribution in [2.45, 2.75) is 13.8 Å². The molecular weight excluding hydrogens is 284 g/mol. The van der Waals surface area contributed by atoms with Crippen molar-refractivity contribution in [3.8, 4) is 0 Å². The Morgan fingerprint density at radius 1 is 1.24 bits per heavy atom. The summed E-state index contributed by atoms with van der Waals surface area (Å²) in [7, 11) is 1.50. The van der Waals surface area contributed by atoms with Crippen LogP contribution in [0, 0.1) is 0 Å². The molecule has 4 nitrogen and oxygen atoms in total. The molecule has 1 rings (SSSR count). The van der Waals surface area contributed by atoms with E-state index in [1.54, 1.807) is 0 Å². The van der Waals surface area contributed by atoms with Crippen molar-refractivity contribution in [1.29, 1.82) is 0 Å². The zero-order valence-corrected chi connectivity index (χ0v) is 11.7. The number of hydrogen-bond acceptors (Lipinski definition) is 4. The van der Waals surface area contributed by atoms with E-state index in [1.807, 2.05) is 38.1 Å². The van der Waals surface area contributed by atoms with Crippen molar-refractivity contribution in [3.05, 3.63) is 34.3 Å². The maximum Gasteiger partial charge on any atom is 0.134 e. The number of rotatable bonds is 5. The molecule has 0 aliphatic heterocycles. The van der Waals surface area contributed by atoms with Gasteiger partial charge in [0.25, 0.3) is 0 Å². The predicted molar refractivity (Wildman–Crippen MR) is 72.4 cm³/mol. The van der Waals surface area contributed by atoms with Crippen LogP contribution in [0.5, 0.6) is 0 Å². The van der Waals surface area contributed by atoms with Crippen molar-refractivity contribution in [2.24, 2.45) is 10.3 Å². The molecule has 0 atom stereocenters. The molecule has 5 heteroatoms. The molecule has 1 aromatic carbocycles. The first-order chi connectivity index (χ1) is 8.19. The molecule has 0 saturated heterocycles. The zero-order valence-electron chi connectivity index (χ0n) is 10.1. The first kappa shape index (κ1) is 13.7. The lowest BCUT2D eigenvalue weighted by Crippen LogP contribution is -2.13. The number of nitrogens with zero attached hydrogens (tertiary/aromatic N) is 2. The summed E-state index contributed by atoms with van der Waals surface area (Å²) in [5.74, 6) is 0. The highest BCUT2D eigenvalue weighted by molar-refractivity contribution is 9.10. The first-order valence-corrected chi connectivity index (χ1v) is 6.02. The standard InChI is InChI=1S/C12H15BrN2O2/c1-4-17-15-12(9(2)14-16-3)10-5-7-11(13)8-6-10/h5-8H,4H2,1-3H3. The third-order valence-electron chi connectivity index (χ3n) is 1.97. The second-order valence-corrected chi connectivity index (χ2v) is 4.14. The van der Waals surface area contributed by atoms with E-state index in [0.29, 0.717) is 18.0 Å². The quantitative estimate of drug-likeness (QED) is 0.619. The van der Waals surface area contributed by atoms with Gasteiger partial charge in [-0.05, 0) is 26.0 Å². The molecule has 0 spiro atoms. The summed E-state index contributed by atoms with van der Waals surface area (Å²) in [4.78, 5) is 9.84. The van der Waals surface area contributed by atoms with E-state index in [9.17, 15) is 0 Å². The highest BCUT2D eigenvalue weighted by Gasteiger charge is 2.09. The minimum Gasteiger partial charge on any atom is -0.399 e. The predicted octanol–water partition coefficient (Wildman–Crippen LogP) is 3.21. The lowest BCUT2D eigenvalue weighted by atomic mass is 10.1. The summed E-state index contributed by atoms with van der Waals surface area (Å²) >= 11 is 3.39. The Balaban J connectivity index is 3.06. The number of benzene rings is 1. The second kappa shape index (κ2) is 7.06. The molecule has 0 heterocycles. The molecule has 1 aromatic rings. The van der Waals surface area contributed by atoms with Crippen molar-refractivity contribution in [1.82, 2.24) is 0 Å². The lowest BCUT2D eigenvalue weighted by Gasteiger charge is -2.05. The first-order valence-electron chi connectivity index (χ1n) is 5.23. The highest BCUT2D eigenvalue weighted by Crippen LogP contribution is 2.12. The second-order valence-electron chi connectivity index (χ2n) is 3.22. The van der Waals surface area contributed by atoms with Crippen molar-refractivity contribution < 1.29 is 9.68 Å². The fraction of sp³-hybridized carbons (Fsp3) is 0.333. The third-order valence-corrected chi connectivity index (χ3v) is 2.50. The van der Waals surface area contributed by atoms with Gasteiger partial charge < -0.3 is 9.68 Å². The summed E-state index contributed by atoms with van der Waals surface area (Å²) in [6.45, 7) is 4.22. The van der Waals surface area contributed by atoms with Gasteiger partial charge >= 0.3 is 0 Å². The summed E-state index contributed by atoms with van der Waals surface area (Å²) < 4.78 is 1.01. The lowest BCUT2D eigenvalue weighted by molar-refractivity contribution is 0.159. The molecule has 0 unspecified atom stereocenters. The Labute approximate surface area is 109 Å². The van der Waals surface area contributed by atoms with Gasteiger partial charge in [0.05, 0.1) is 0 Å². The van der Waals surface area contributed by atoms with Crippen LogP contribution in [0.15, 0.2) is 39.0 Å². The third kappa shape index (κ3) is 4.19.